The van der Waals surface area contributed by atoms with Crippen molar-refractivity contribution in [3.8, 4) is 46.3 Å². The van der Waals surface area contributed by atoms with Crippen molar-refractivity contribution in [3.05, 3.63) is 163 Å². The number of pyridine rings is 2. The number of nitrogens with one attached hydrogen (secondary N) is 2. The van der Waals surface area contributed by atoms with Crippen LogP contribution < -0.4 is 29.6 Å². The quantitative estimate of drug-likeness (QED) is 0.0381. The van der Waals surface area contributed by atoms with Crippen LogP contribution in [0.2, 0.25) is 10.0 Å². The van der Waals surface area contributed by atoms with Gasteiger partial charge in [-0.3, -0.25) is 9.97 Å². The fourth-order valence-corrected chi connectivity index (χ4v) is 7.43. The molecule has 16 heteroatoms. The largest absolute Gasteiger partial charge is 0.488 e. The first kappa shape index (κ1) is 49.1. The van der Waals surface area contributed by atoms with Crippen LogP contribution in [0.15, 0.2) is 97.6 Å². The molecule has 0 atom stereocenters. The number of hydrogen-bond donors (Lipinski definition) is 6. The lowest BCUT2D eigenvalue weighted by atomic mass is 9.92. The molecule has 0 saturated carbocycles. The van der Waals surface area contributed by atoms with Crippen LogP contribution in [0, 0.1) is 36.5 Å². The van der Waals surface area contributed by atoms with Gasteiger partial charge in [-0.15, -0.1) is 0 Å². The second kappa shape index (κ2) is 24.3. The van der Waals surface area contributed by atoms with Crippen LogP contribution in [-0.4, -0.2) is 68.9 Å². The van der Waals surface area contributed by atoms with Gasteiger partial charge in [-0.2, -0.15) is 10.5 Å². The Labute approximate surface area is 393 Å². The molecule has 342 valence electrons. The molecule has 0 amide bonds. The summed E-state index contributed by atoms with van der Waals surface area (Å²) in [5.74, 6) is 1.71. The Bertz CT molecular complexity index is 2500. The molecule has 0 aliphatic rings. The third-order valence-corrected chi connectivity index (χ3v) is 11.4. The van der Waals surface area contributed by atoms with E-state index in [9.17, 15) is 30.9 Å². The first-order valence-corrected chi connectivity index (χ1v) is 21.7. The lowest BCUT2D eigenvalue weighted by Crippen LogP contribution is -2.35. The molecule has 6 aromatic rings. The number of rotatable bonds is 23. The van der Waals surface area contributed by atoms with E-state index in [1.807, 2.05) is 38.1 Å². The van der Waals surface area contributed by atoms with Crippen molar-refractivity contribution >= 4 is 23.2 Å². The summed E-state index contributed by atoms with van der Waals surface area (Å²) < 4.78 is 25.1. The smallest absolute Gasteiger partial charge is 0.142 e. The van der Waals surface area contributed by atoms with Gasteiger partial charge in [0.2, 0.25) is 0 Å². The first-order valence-electron chi connectivity index (χ1n) is 21.0. The minimum Gasteiger partial charge on any atom is -0.488 e. The Kier molecular flexibility index (Phi) is 18.1. The molecule has 0 unspecified atom stereocenters. The number of aliphatic hydroxyl groups excluding tert-OH is 4. The van der Waals surface area contributed by atoms with Gasteiger partial charge in [0.15, 0.2) is 0 Å². The van der Waals surface area contributed by atoms with Gasteiger partial charge in [0.05, 0.1) is 59.7 Å². The molecule has 0 spiro atoms. The van der Waals surface area contributed by atoms with Crippen LogP contribution in [0.1, 0.15) is 55.6 Å². The summed E-state index contributed by atoms with van der Waals surface area (Å²) in [5, 5.41) is 64.0. The van der Waals surface area contributed by atoms with Crippen molar-refractivity contribution in [2.75, 3.05) is 26.4 Å². The van der Waals surface area contributed by atoms with Gasteiger partial charge < -0.3 is 50.0 Å². The molecule has 2 aromatic heterocycles. The van der Waals surface area contributed by atoms with Crippen LogP contribution in [0.4, 0.5) is 0 Å². The minimum atomic E-state index is -0.542. The Morgan fingerprint density at radius 3 is 1.30 bits per heavy atom. The highest BCUT2D eigenvalue weighted by molar-refractivity contribution is 6.32. The lowest BCUT2D eigenvalue weighted by Gasteiger charge is -2.20. The number of nitrogens with zero attached hydrogens (tertiary/aromatic N) is 4. The van der Waals surface area contributed by atoms with Crippen LogP contribution in [-0.2, 0) is 39.5 Å². The number of aliphatic hydroxyl groups is 4. The van der Waals surface area contributed by atoms with Crippen LogP contribution >= 0.6 is 23.2 Å². The maximum atomic E-state index is 9.61. The predicted octanol–water partition coefficient (Wildman–Crippen LogP) is 7.01. The average Bonchev–Trinajstić information content (AvgIpc) is 3.34. The highest BCUT2D eigenvalue weighted by Gasteiger charge is 2.18. The third-order valence-electron chi connectivity index (χ3n) is 10.9. The molecule has 66 heavy (non-hydrogen) atoms. The second-order valence-electron chi connectivity index (χ2n) is 15.4. The number of aromatic nitrogens is 2. The summed E-state index contributed by atoms with van der Waals surface area (Å²) in [7, 11) is 0. The fraction of sp³-hybridized carbons (Fsp3) is 0.280. The zero-order chi connectivity index (χ0) is 47.0. The summed E-state index contributed by atoms with van der Waals surface area (Å²) in [6, 6.07) is 25.4. The molecule has 0 saturated heterocycles. The highest BCUT2D eigenvalue weighted by Crippen LogP contribution is 2.37. The van der Waals surface area contributed by atoms with E-state index >= 15 is 0 Å². The number of benzene rings is 4. The molecule has 0 bridgehead atoms. The van der Waals surface area contributed by atoms with Crippen LogP contribution in [0.5, 0.6) is 23.0 Å². The van der Waals surface area contributed by atoms with E-state index in [1.54, 1.807) is 48.8 Å². The highest BCUT2D eigenvalue weighted by atomic mass is 35.5. The Morgan fingerprint density at radius 2 is 0.924 bits per heavy atom. The van der Waals surface area contributed by atoms with E-state index in [4.69, 9.17) is 42.1 Å². The van der Waals surface area contributed by atoms with E-state index in [0.717, 1.165) is 33.4 Å². The molecule has 0 fully saturated rings. The molecule has 2 heterocycles. The first-order chi connectivity index (χ1) is 32.1. The topological polar surface area (TPSA) is 215 Å². The van der Waals surface area contributed by atoms with Gasteiger partial charge in [0.1, 0.15) is 61.6 Å². The van der Waals surface area contributed by atoms with Crippen LogP contribution in [0.25, 0.3) is 11.1 Å². The lowest BCUT2D eigenvalue weighted by molar-refractivity contribution is 0.169. The number of halogens is 2. The van der Waals surface area contributed by atoms with E-state index in [1.165, 1.54) is 12.4 Å². The van der Waals surface area contributed by atoms with Crippen molar-refractivity contribution in [2.45, 2.75) is 65.4 Å². The minimum absolute atomic E-state index is 0.119. The maximum Gasteiger partial charge on any atom is 0.142 e. The third kappa shape index (κ3) is 12.9. The van der Waals surface area contributed by atoms with Gasteiger partial charge in [-0.1, -0.05) is 59.6 Å². The molecule has 0 radical (unpaired) electrons. The zero-order valence-corrected chi connectivity index (χ0v) is 37.9. The molecule has 14 nitrogen and oxygen atoms in total. The number of nitriles is 2. The average molecular weight is 934 g/mol. The van der Waals surface area contributed by atoms with Crippen molar-refractivity contribution in [1.82, 2.24) is 20.6 Å². The van der Waals surface area contributed by atoms with Crippen LogP contribution in [0.3, 0.4) is 0 Å². The molecule has 0 aliphatic carbocycles. The van der Waals surface area contributed by atoms with Gasteiger partial charge in [-0.05, 0) is 71.5 Å². The van der Waals surface area contributed by atoms with Crippen molar-refractivity contribution in [3.63, 3.8) is 0 Å². The molecule has 6 N–H and O–H groups in total. The summed E-state index contributed by atoms with van der Waals surface area (Å²) in [6.45, 7) is 4.15. The van der Waals surface area contributed by atoms with Gasteiger partial charge in [0.25, 0.3) is 0 Å². The van der Waals surface area contributed by atoms with E-state index in [0.29, 0.717) is 66.4 Å². The van der Waals surface area contributed by atoms with E-state index in [-0.39, 0.29) is 65.9 Å². The second-order valence-corrected chi connectivity index (χ2v) is 16.2. The standard InChI is InChI=1S/C50H50Cl2N6O8/c1-31-37(29-65-49-13-47(63-27-35-9-33(15-53)17-55-19-35)39(11-45(49)51)21-57-41(23-59)24-60)5-3-7-43(31)44-8-4-6-38(32(44)2)30-66-50-14-48(64-28-36-10-34(16-54)18-56-20-36)40(12-46(50)52)22-58-42(25-61)26-62/h3-14,17-20,41-42,57-62H,21-30H2,1-2H3. The van der Waals surface area contributed by atoms with Crippen molar-refractivity contribution in [2.24, 2.45) is 0 Å². The van der Waals surface area contributed by atoms with E-state index < -0.39 is 12.1 Å². The Morgan fingerprint density at radius 1 is 0.530 bits per heavy atom. The normalized spacial score (nSPS) is 11.1. The zero-order valence-electron chi connectivity index (χ0n) is 36.4. The predicted molar refractivity (Wildman–Crippen MR) is 249 cm³/mol. The fourth-order valence-electron chi connectivity index (χ4n) is 6.95. The monoisotopic (exact) mass is 932 g/mol. The molecule has 6 rings (SSSR count). The summed E-state index contributed by atoms with van der Waals surface area (Å²) >= 11 is 13.6. The van der Waals surface area contributed by atoms with Crippen molar-refractivity contribution in [1.29, 1.82) is 10.5 Å². The van der Waals surface area contributed by atoms with E-state index in [2.05, 4.69) is 44.9 Å². The molecule has 4 aromatic carbocycles. The Hall–Kier alpha value is -6.30. The number of ether oxygens (including phenoxy) is 4. The van der Waals surface area contributed by atoms with Gasteiger partial charge in [-0.25, -0.2) is 0 Å². The van der Waals surface area contributed by atoms with Gasteiger partial charge in [0, 0.05) is 72.3 Å². The summed E-state index contributed by atoms with van der Waals surface area (Å²) in [5.41, 5.74) is 9.44. The molecular weight excluding hydrogens is 883 g/mol. The Balaban J connectivity index is 1.19. The SMILES string of the molecule is Cc1c(COc2cc(OCc3cncc(C#N)c3)c(CNC(CO)CO)cc2Cl)cccc1-c1cccc(COc2cc(OCc3cncc(C#N)c3)c(CNC(CO)CO)cc2Cl)c1C. The maximum absolute atomic E-state index is 9.61. The summed E-state index contributed by atoms with van der Waals surface area (Å²) in [6.07, 6.45) is 6.19. The van der Waals surface area contributed by atoms with Gasteiger partial charge >= 0.3 is 0 Å². The molecular formula is C50H50Cl2N6O8. The summed E-state index contributed by atoms with van der Waals surface area (Å²) in [4.78, 5) is 8.25. The number of hydrogen-bond acceptors (Lipinski definition) is 14. The van der Waals surface area contributed by atoms with Crippen molar-refractivity contribution < 1.29 is 39.4 Å². The molecule has 0 aliphatic heterocycles.